The van der Waals surface area contributed by atoms with Crippen LogP contribution < -0.4 is 5.73 Å². The Labute approximate surface area is 64.9 Å². The summed E-state index contributed by atoms with van der Waals surface area (Å²) in [5, 5.41) is 0. The van der Waals surface area contributed by atoms with E-state index < -0.39 is 17.4 Å². The average Bonchev–Trinajstić information content (AvgIpc) is 2.00. The summed E-state index contributed by atoms with van der Waals surface area (Å²) in [4.78, 5) is 0. The van der Waals surface area contributed by atoms with E-state index in [1.54, 1.807) is 6.92 Å². The van der Waals surface area contributed by atoms with Crippen LogP contribution in [0.4, 0.5) is 8.78 Å². The molecule has 0 aliphatic carbocycles. The van der Waals surface area contributed by atoms with E-state index in [2.05, 4.69) is 13.2 Å². The summed E-state index contributed by atoms with van der Waals surface area (Å²) in [5.41, 5.74) is 4.61. The molecule has 1 nitrogen and oxygen atoms in total. The maximum atomic E-state index is 12.7. The normalized spacial score (nSPS) is 12.3. The highest BCUT2D eigenvalue weighted by atomic mass is 19.2. The molecule has 62 valence electrons. The lowest BCUT2D eigenvalue weighted by Crippen LogP contribution is -1.97. The molecule has 0 amide bonds. The van der Waals surface area contributed by atoms with Crippen molar-refractivity contribution in [1.29, 1.82) is 0 Å². The van der Waals surface area contributed by atoms with Crippen molar-refractivity contribution in [2.75, 3.05) is 0 Å². The highest BCUT2D eigenvalue weighted by molar-refractivity contribution is 5.32. The van der Waals surface area contributed by atoms with Gasteiger partial charge in [0.1, 0.15) is 0 Å². The molecule has 0 rings (SSSR count). The van der Waals surface area contributed by atoms with Gasteiger partial charge < -0.3 is 5.73 Å². The number of hydrogen-bond donors (Lipinski definition) is 1. The van der Waals surface area contributed by atoms with Crippen LogP contribution in [0.1, 0.15) is 13.3 Å². The molecular weight excluding hydrogens is 148 g/mol. The summed E-state index contributed by atoms with van der Waals surface area (Å²) < 4.78 is 25.3. The van der Waals surface area contributed by atoms with E-state index in [0.717, 1.165) is 0 Å². The second kappa shape index (κ2) is 3.91. The van der Waals surface area contributed by atoms with Crippen molar-refractivity contribution in [1.82, 2.24) is 0 Å². The molecule has 0 fully saturated rings. The predicted octanol–water partition coefficient (Wildman–Crippen LogP) is 2.58. The van der Waals surface area contributed by atoms with Gasteiger partial charge in [0.25, 0.3) is 0 Å². The summed E-state index contributed by atoms with van der Waals surface area (Å²) in [6.45, 7) is 8.04. The third-order valence-corrected chi connectivity index (χ3v) is 1.21. The van der Waals surface area contributed by atoms with E-state index >= 15 is 0 Å². The van der Waals surface area contributed by atoms with Crippen LogP contribution in [0.5, 0.6) is 0 Å². The highest BCUT2D eigenvalue weighted by Crippen LogP contribution is 2.20. The Kier molecular flexibility index (Phi) is 3.51. The number of nitrogens with two attached hydrogens (primary N) is 1. The van der Waals surface area contributed by atoms with Crippen molar-refractivity contribution in [3.05, 3.63) is 36.1 Å². The standard InChI is InChI=1S/C8H11F2N/c1-4-5(2)7(9)8(10)6(3)11/h2-4,11H2,1H3/b8-7-. The van der Waals surface area contributed by atoms with Crippen molar-refractivity contribution in [3.63, 3.8) is 0 Å². The molecule has 0 saturated carbocycles. The molecule has 0 unspecified atom stereocenters. The fraction of sp³-hybridized carbons (Fsp3) is 0.250. The van der Waals surface area contributed by atoms with Crippen molar-refractivity contribution >= 4 is 0 Å². The molecule has 0 atom stereocenters. The molecule has 0 spiro atoms. The van der Waals surface area contributed by atoms with Gasteiger partial charge in [0.2, 0.25) is 0 Å². The summed E-state index contributed by atoms with van der Waals surface area (Å²) in [7, 11) is 0. The first-order valence-electron chi connectivity index (χ1n) is 3.18. The van der Waals surface area contributed by atoms with Gasteiger partial charge in [0.05, 0.1) is 5.70 Å². The van der Waals surface area contributed by atoms with Gasteiger partial charge in [0.15, 0.2) is 11.7 Å². The molecule has 0 saturated heterocycles. The topological polar surface area (TPSA) is 26.0 Å². The fourth-order valence-corrected chi connectivity index (χ4v) is 0.451. The molecule has 0 bridgehead atoms. The third kappa shape index (κ3) is 2.53. The average molecular weight is 159 g/mol. The first kappa shape index (κ1) is 9.88. The van der Waals surface area contributed by atoms with E-state index in [4.69, 9.17) is 5.73 Å². The molecule has 0 aromatic heterocycles. The Morgan fingerprint density at radius 3 is 2.00 bits per heavy atom. The molecule has 0 heterocycles. The molecular formula is C8H11F2N. The van der Waals surface area contributed by atoms with Gasteiger partial charge in [-0.25, -0.2) is 8.78 Å². The highest BCUT2D eigenvalue weighted by Gasteiger charge is 2.08. The second-order valence-electron chi connectivity index (χ2n) is 2.11. The molecule has 2 N–H and O–H groups in total. The van der Waals surface area contributed by atoms with Gasteiger partial charge in [-0.3, -0.25) is 0 Å². The van der Waals surface area contributed by atoms with E-state index in [0.29, 0.717) is 6.42 Å². The van der Waals surface area contributed by atoms with E-state index in [-0.39, 0.29) is 5.57 Å². The Balaban J connectivity index is 4.66. The van der Waals surface area contributed by atoms with Crippen LogP contribution in [0.3, 0.4) is 0 Å². The monoisotopic (exact) mass is 159 g/mol. The molecule has 0 aromatic carbocycles. The van der Waals surface area contributed by atoms with E-state index in [9.17, 15) is 8.78 Å². The largest absolute Gasteiger partial charge is 0.397 e. The zero-order valence-corrected chi connectivity index (χ0v) is 6.45. The number of allylic oxidation sites excluding steroid dienone is 3. The third-order valence-electron chi connectivity index (χ3n) is 1.21. The van der Waals surface area contributed by atoms with Gasteiger partial charge in [-0.2, -0.15) is 0 Å². The Morgan fingerprint density at radius 1 is 1.27 bits per heavy atom. The summed E-state index contributed by atoms with van der Waals surface area (Å²) in [6, 6.07) is 0. The van der Waals surface area contributed by atoms with Crippen LogP contribution in [0, 0.1) is 0 Å². The smallest absolute Gasteiger partial charge is 0.181 e. The van der Waals surface area contributed by atoms with Crippen LogP contribution in [-0.2, 0) is 0 Å². The lowest BCUT2D eigenvalue weighted by molar-refractivity contribution is 0.550. The SMILES string of the molecule is C=C(N)/C(F)=C(/F)C(=C)CC. The first-order valence-corrected chi connectivity index (χ1v) is 3.18. The predicted molar refractivity (Wildman–Crippen MR) is 42.0 cm³/mol. The minimum atomic E-state index is -1.11. The van der Waals surface area contributed by atoms with E-state index in [1.165, 1.54) is 0 Å². The summed E-state index contributed by atoms with van der Waals surface area (Å²) >= 11 is 0. The molecule has 11 heavy (non-hydrogen) atoms. The van der Waals surface area contributed by atoms with Gasteiger partial charge in [-0.15, -0.1) is 0 Å². The molecule has 0 aromatic rings. The van der Waals surface area contributed by atoms with E-state index in [1.807, 2.05) is 0 Å². The quantitative estimate of drug-likeness (QED) is 0.629. The van der Waals surface area contributed by atoms with Gasteiger partial charge in [-0.1, -0.05) is 20.1 Å². The summed E-state index contributed by atoms with van der Waals surface area (Å²) in [5.74, 6) is -2.11. The molecule has 3 heteroatoms. The van der Waals surface area contributed by atoms with Crippen LogP contribution in [0.25, 0.3) is 0 Å². The lowest BCUT2D eigenvalue weighted by atomic mass is 10.2. The maximum absolute atomic E-state index is 12.7. The van der Waals surface area contributed by atoms with Gasteiger partial charge in [0, 0.05) is 0 Å². The van der Waals surface area contributed by atoms with Gasteiger partial charge in [-0.05, 0) is 12.0 Å². The second-order valence-corrected chi connectivity index (χ2v) is 2.11. The number of halogens is 2. The van der Waals surface area contributed by atoms with Crippen LogP contribution >= 0.6 is 0 Å². The Hall–Kier alpha value is -1.12. The minimum Gasteiger partial charge on any atom is -0.397 e. The number of hydrogen-bond acceptors (Lipinski definition) is 1. The minimum absolute atomic E-state index is 0.0918. The Bertz CT molecular complexity index is 216. The zero-order valence-electron chi connectivity index (χ0n) is 6.45. The van der Waals surface area contributed by atoms with Crippen molar-refractivity contribution < 1.29 is 8.78 Å². The van der Waals surface area contributed by atoms with Crippen molar-refractivity contribution in [3.8, 4) is 0 Å². The first-order chi connectivity index (χ1) is 5.00. The maximum Gasteiger partial charge on any atom is 0.181 e. The molecule has 0 aliphatic heterocycles. The summed E-state index contributed by atoms with van der Waals surface area (Å²) in [6.07, 6.45) is 0.354. The Morgan fingerprint density at radius 2 is 1.73 bits per heavy atom. The van der Waals surface area contributed by atoms with Crippen molar-refractivity contribution in [2.45, 2.75) is 13.3 Å². The lowest BCUT2D eigenvalue weighted by Gasteiger charge is -2.00. The van der Waals surface area contributed by atoms with Crippen LogP contribution in [0.2, 0.25) is 0 Å². The zero-order chi connectivity index (χ0) is 9.02. The van der Waals surface area contributed by atoms with Gasteiger partial charge >= 0.3 is 0 Å². The molecule has 0 radical (unpaired) electrons. The van der Waals surface area contributed by atoms with Crippen LogP contribution in [-0.4, -0.2) is 0 Å². The van der Waals surface area contributed by atoms with Crippen LogP contribution in [0.15, 0.2) is 36.1 Å². The van der Waals surface area contributed by atoms with Crippen molar-refractivity contribution in [2.24, 2.45) is 5.73 Å². The number of rotatable bonds is 3. The fourth-order valence-electron chi connectivity index (χ4n) is 0.451. The molecule has 0 aliphatic rings.